The lowest BCUT2D eigenvalue weighted by atomic mass is 10.1. The van der Waals surface area contributed by atoms with E-state index in [1.807, 2.05) is 0 Å². The molecular weight excluding hydrogens is 488 g/mol. The summed E-state index contributed by atoms with van der Waals surface area (Å²) in [5.74, 6) is 0.486. The Bertz CT molecular complexity index is 1180. The van der Waals surface area contributed by atoms with Gasteiger partial charge < -0.3 is 10.1 Å². The molecule has 0 aromatic carbocycles. The molecule has 3 aromatic rings. The van der Waals surface area contributed by atoms with Crippen molar-refractivity contribution in [3.8, 4) is 11.4 Å². The van der Waals surface area contributed by atoms with Crippen molar-refractivity contribution in [2.75, 3.05) is 17.7 Å². The third-order valence-electron chi connectivity index (χ3n) is 5.58. The number of anilines is 1. The maximum atomic E-state index is 12.8. The van der Waals surface area contributed by atoms with Gasteiger partial charge in [-0.15, -0.1) is 32.9 Å². The zero-order chi connectivity index (χ0) is 24.2. The van der Waals surface area contributed by atoms with Crippen LogP contribution in [0.5, 0.6) is 0 Å². The summed E-state index contributed by atoms with van der Waals surface area (Å²) in [6, 6.07) is 2.34. The third-order valence-corrected chi connectivity index (χ3v) is 8.72. The van der Waals surface area contributed by atoms with E-state index in [4.69, 9.17) is 4.74 Å². The van der Waals surface area contributed by atoms with E-state index >= 15 is 0 Å². The van der Waals surface area contributed by atoms with Crippen LogP contribution in [0.1, 0.15) is 72.3 Å². The predicted octanol–water partition coefficient (Wildman–Crippen LogP) is 6.00. The molecule has 4 rings (SSSR count). The van der Waals surface area contributed by atoms with Gasteiger partial charge in [0.05, 0.1) is 17.9 Å². The second-order valence-electron chi connectivity index (χ2n) is 8.44. The molecule has 0 saturated heterocycles. The van der Waals surface area contributed by atoms with E-state index in [0.717, 1.165) is 49.1 Å². The largest absolute Gasteiger partial charge is 0.462 e. The number of carbonyl (C=O) groups excluding carboxylic acids is 2. The highest BCUT2D eigenvalue weighted by molar-refractivity contribution is 7.99. The number of carbonyl (C=O) groups is 2. The Morgan fingerprint density at radius 2 is 2.09 bits per heavy atom. The fourth-order valence-electron chi connectivity index (χ4n) is 4.12. The van der Waals surface area contributed by atoms with Crippen molar-refractivity contribution in [2.45, 2.75) is 71.0 Å². The van der Waals surface area contributed by atoms with Crippen LogP contribution in [0.15, 0.2) is 16.6 Å². The molecule has 0 unspecified atom stereocenters. The van der Waals surface area contributed by atoms with Gasteiger partial charge in [-0.25, -0.2) is 4.79 Å². The normalized spacial score (nSPS) is 12.9. The molecular formula is C24H30N4O3S3. The van der Waals surface area contributed by atoms with E-state index in [-0.39, 0.29) is 23.7 Å². The monoisotopic (exact) mass is 518 g/mol. The van der Waals surface area contributed by atoms with E-state index in [0.29, 0.717) is 22.3 Å². The van der Waals surface area contributed by atoms with E-state index < -0.39 is 0 Å². The second kappa shape index (κ2) is 11.0. The summed E-state index contributed by atoms with van der Waals surface area (Å²) in [5, 5.41) is 15.2. The van der Waals surface area contributed by atoms with E-state index in [9.17, 15) is 9.59 Å². The zero-order valence-corrected chi connectivity index (χ0v) is 22.4. The number of nitrogens with zero attached hydrogens (tertiary/aromatic N) is 3. The lowest BCUT2D eigenvalue weighted by Gasteiger charge is -2.13. The Kier molecular flexibility index (Phi) is 8.10. The van der Waals surface area contributed by atoms with Crippen LogP contribution in [0.25, 0.3) is 11.4 Å². The van der Waals surface area contributed by atoms with E-state index in [1.165, 1.54) is 32.9 Å². The topological polar surface area (TPSA) is 86.1 Å². The number of aryl methyl sites for hydroxylation is 2. The number of esters is 1. The molecule has 0 saturated carbocycles. The van der Waals surface area contributed by atoms with Gasteiger partial charge in [0.25, 0.3) is 0 Å². The summed E-state index contributed by atoms with van der Waals surface area (Å²) in [5.41, 5.74) is 2.64. The number of ether oxygens (including phenoxy) is 1. The first-order valence-electron chi connectivity index (χ1n) is 11.7. The second-order valence-corrected chi connectivity index (χ2v) is 11.5. The van der Waals surface area contributed by atoms with Crippen LogP contribution in [0, 0.1) is 0 Å². The molecule has 182 valence electrons. The molecule has 34 heavy (non-hydrogen) atoms. The van der Waals surface area contributed by atoms with Crippen molar-refractivity contribution >= 4 is 51.3 Å². The molecule has 1 amide bonds. The minimum Gasteiger partial charge on any atom is -0.462 e. The fourth-order valence-corrected chi connectivity index (χ4v) is 7.25. The Morgan fingerprint density at radius 1 is 1.26 bits per heavy atom. The molecule has 0 atom stereocenters. The Hall–Kier alpha value is -2.17. The first kappa shape index (κ1) is 24.9. The maximum Gasteiger partial charge on any atom is 0.341 e. The van der Waals surface area contributed by atoms with Gasteiger partial charge in [-0.3, -0.25) is 9.36 Å². The molecule has 10 heteroatoms. The Balaban J connectivity index is 1.48. The van der Waals surface area contributed by atoms with Crippen LogP contribution < -0.4 is 5.32 Å². The highest BCUT2D eigenvalue weighted by Gasteiger charge is 2.28. The lowest BCUT2D eigenvalue weighted by molar-refractivity contribution is -0.113. The summed E-state index contributed by atoms with van der Waals surface area (Å²) in [6.45, 7) is 8.46. The summed E-state index contributed by atoms with van der Waals surface area (Å²) in [7, 11) is 0. The van der Waals surface area contributed by atoms with Gasteiger partial charge in [0.15, 0.2) is 11.0 Å². The van der Waals surface area contributed by atoms with Crippen molar-refractivity contribution in [1.29, 1.82) is 0 Å². The number of thiophene rings is 2. The first-order chi connectivity index (χ1) is 16.4. The third kappa shape index (κ3) is 5.23. The first-order valence-corrected chi connectivity index (χ1v) is 14.4. The van der Waals surface area contributed by atoms with Crippen LogP contribution in [0.4, 0.5) is 5.00 Å². The SMILES string of the molecule is CCCc1cc(-c2nnc(SCC(=O)Nc3sc4c(c3C(=O)OCC)CCC4)n2C(C)C)cs1. The molecule has 1 aliphatic carbocycles. The number of aromatic nitrogens is 3. The molecule has 1 N–H and O–H groups in total. The summed E-state index contributed by atoms with van der Waals surface area (Å²) in [6.07, 6.45) is 5.00. The average Bonchev–Trinajstić information content (AvgIpc) is 3.55. The van der Waals surface area contributed by atoms with Crippen LogP contribution in [-0.4, -0.2) is 39.0 Å². The standard InChI is InChI=1S/C24H30N4O3S3/c1-5-8-16-11-15(12-32-16)21-26-27-24(28(21)14(3)4)33-13-19(29)25-22-20(23(30)31-6-2)17-9-7-10-18(17)34-22/h11-12,14H,5-10,13H2,1-4H3,(H,25,29). The van der Waals surface area contributed by atoms with Gasteiger partial charge in [0, 0.05) is 26.7 Å². The van der Waals surface area contributed by atoms with Crippen LogP contribution >= 0.6 is 34.4 Å². The number of hydrogen-bond donors (Lipinski definition) is 1. The summed E-state index contributed by atoms with van der Waals surface area (Å²) < 4.78 is 7.34. The summed E-state index contributed by atoms with van der Waals surface area (Å²) >= 11 is 4.60. The van der Waals surface area contributed by atoms with E-state index in [2.05, 4.69) is 52.3 Å². The predicted molar refractivity (Wildman–Crippen MR) is 139 cm³/mol. The number of thioether (sulfide) groups is 1. The van der Waals surface area contributed by atoms with Crippen molar-refractivity contribution in [3.63, 3.8) is 0 Å². The van der Waals surface area contributed by atoms with Gasteiger partial charge in [0.1, 0.15) is 5.00 Å². The molecule has 0 spiro atoms. The van der Waals surface area contributed by atoms with Gasteiger partial charge in [0.2, 0.25) is 5.91 Å². The van der Waals surface area contributed by atoms with Crippen LogP contribution in [0.3, 0.4) is 0 Å². The molecule has 3 heterocycles. The van der Waals surface area contributed by atoms with Gasteiger partial charge in [-0.2, -0.15) is 0 Å². The lowest BCUT2D eigenvalue weighted by Crippen LogP contribution is -2.17. The molecule has 3 aromatic heterocycles. The number of rotatable bonds is 10. The quantitative estimate of drug-likeness (QED) is 0.262. The minimum atomic E-state index is -0.354. The Morgan fingerprint density at radius 3 is 2.82 bits per heavy atom. The fraction of sp³-hybridized carbons (Fsp3) is 0.500. The number of nitrogens with one attached hydrogen (secondary N) is 1. The van der Waals surface area contributed by atoms with Gasteiger partial charge in [-0.05, 0) is 58.1 Å². The van der Waals surface area contributed by atoms with E-state index in [1.54, 1.807) is 18.3 Å². The number of amides is 1. The van der Waals surface area contributed by atoms with Crippen molar-refractivity contribution < 1.29 is 14.3 Å². The molecule has 1 aliphatic rings. The number of fused-ring (bicyclic) bond motifs is 1. The maximum absolute atomic E-state index is 12.8. The van der Waals surface area contributed by atoms with Crippen molar-refractivity contribution in [3.05, 3.63) is 32.3 Å². The summed E-state index contributed by atoms with van der Waals surface area (Å²) in [4.78, 5) is 27.9. The molecule has 0 bridgehead atoms. The molecule has 0 radical (unpaired) electrons. The van der Waals surface area contributed by atoms with Gasteiger partial charge in [-0.1, -0.05) is 25.1 Å². The molecule has 0 fully saturated rings. The van der Waals surface area contributed by atoms with Crippen molar-refractivity contribution in [1.82, 2.24) is 14.8 Å². The van der Waals surface area contributed by atoms with Crippen LogP contribution in [-0.2, 0) is 28.8 Å². The smallest absolute Gasteiger partial charge is 0.341 e. The zero-order valence-electron chi connectivity index (χ0n) is 20.0. The van der Waals surface area contributed by atoms with Gasteiger partial charge >= 0.3 is 5.97 Å². The van der Waals surface area contributed by atoms with Crippen molar-refractivity contribution in [2.24, 2.45) is 0 Å². The minimum absolute atomic E-state index is 0.153. The number of hydrogen-bond acceptors (Lipinski definition) is 8. The Labute approximate surface area is 212 Å². The highest BCUT2D eigenvalue weighted by atomic mass is 32.2. The highest BCUT2D eigenvalue weighted by Crippen LogP contribution is 2.39. The molecule has 0 aliphatic heterocycles. The van der Waals surface area contributed by atoms with Crippen LogP contribution in [0.2, 0.25) is 0 Å². The molecule has 7 nitrogen and oxygen atoms in total. The average molecular weight is 519 g/mol.